The van der Waals surface area contributed by atoms with E-state index in [-0.39, 0.29) is 12.6 Å². The Balaban J connectivity index is 2.30. The van der Waals surface area contributed by atoms with Gasteiger partial charge in [-0.2, -0.15) is 0 Å². The molecule has 16 heavy (non-hydrogen) atoms. The molecule has 4 heteroatoms. The number of aromatic nitrogens is 2. The summed E-state index contributed by atoms with van der Waals surface area (Å²) in [5.41, 5.74) is 1.88. The van der Waals surface area contributed by atoms with E-state index < -0.39 is 0 Å². The van der Waals surface area contributed by atoms with Gasteiger partial charge in [-0.05, 0) is 33.1 Å². The number of piperidine rings is 1. The van der Waals surface area contributed by atoms with Gasteiger partial charge in [0.1, 0.15) is 0 Å². The highest BCUT2D eigenvalue weighted by molar-refractivity contribution is 5.44. The van der Waals surface area contributed by atoms with Crippen molar-refractivity contribution in [2.24, 2.45) is 0 Å². The minimum Gasteiger partial charge on any atom is -0.394 e. The van der Waals surface area contributed by atoms with E-state index in [9.17, 15) is 5.11 Å². The molecule has 0 saturated carbocycles. The quantitative estimate of drug-likeness (QED) is 0.821. The number of anilines is 1. The van der Waals surface area contributed by atoms with E-state index in [1.54, 1.807) is 6.20 Å². The van der Waals surface area contributed by atoms with Crippen LogP contribution in [0.15, 0.2) is 6.20 Å². The Morgan fingerprint density at radius 3 is 3.00 bits per heavy atom. The average Bonchev–Trinajstić information content (AvgIpc) is 2.32. The number of nitrogens with zero attached hydrogens (tertiary/aromatic N) is 3. The molecule has 88 valence electrons. The number of hydrogen-bond acceptors (Lipinski definition) is 4. The predicted octanol–water partition coefficient (Wildman–Crippen LogP) is 1.44. The second-order valence-corrected chi connectivity index (χ2v) is 4.45. The summed E-state index contributed by atoms with van der Waals surface area (Å²) in [5.74, 6) is 0.943. The monoisotopic (exact) mass is 221 g/mol. The van der Waals surface area contributed by atoms with E-state index in [0.29, 0.717) is 0 Å². The second kappa shape index (κ2) is 4.78. The van der Waals surface area contributed by atoms with Crippen LogP contribution in [0.3, 0.4) is 0 Å². The fourth-order valence-corrected chi connectivity index (χ4v) is 2.27. The molecule has 1 aromatic rings. The topological polar surface area (TPSA) is 49.2 Å². The van der Waals surface area contributed by atoms with Gasteiger partial charge in [0.15, 0.2) is 5.82 Å². The normalized spacial score (nSPS) is 21.2. The molecule has 1 atom stereocenters. The van der Waals surface area contributed by atoms with Gasteiger partial charge in [0.05, 0.1) is 24.0 Å². The van der Waals surface area contributed by atoms with Crippen molar-refractivity contribution in [3.05, 3.63) is 17.6 Å². The molecular weight excluding hydrogens is 202 g/mol. The van der Waals surface area contributed by atoms with E-state index in [0.717, 1.165) is 30.2 Å². The molecule has 0 amide bonds. The summed E-state index contributed by atoms with van der Waals surface area (Å²) in [4.78, 5) is 11.1. The first-order valence-electron chi connectivity index (χ1n) is 5.90. The van der Waals surface area contributed by atoms with Crippen molar-refractivity contribution in [2.45, 2.75) is 39.2 Å². The maximum atomic E-state index is 9.39. The van der Waals surface area contributed by atoms with Crippen molar-refractivity contribution in [1.82, 2.24) is 9.97 Å². The molecular formula is C12H19N3O. The second-order valence-electron chi connectivity index (χ2n) is 4.45. The smallest absolute Gasteiger partial charge is 0.150 e. The largest absolute Gasteiger partial charge is 0.394 e. The highest BCUT2D eigenvalue weighted by atomic mass is 16.3. The van der Waals surface area contributed by atoms with Gasteiger partial charge in [0, 0.05) is 12.7 Å². The van der Waals surface area contributed by atoms with Crippen LogP contribution >= 0.6 is 0 Å². The van der Waals surface area contributed by atoms with E-state index in [4.69, 9.17) is 0 Å². The van der Waals surface area contributed by atoms with E-state index in [1.165, 1.54) is 12.8 Å². The molecule has 1 aromatic heterocycles. The van der Waals surface area contributed by atoms with Crippen molar-refractivity contribution in [2.75, 3.05) is 18.1 Å². The highest BCUT2D eigenvalue weighted by Gasteiger charge is 2.24. The Bertz CT molecular complexity index is 367. The number of aliphatic hydroxyl groups excluding tert-OH is 1. The Hall–Kier alpha value is -1.16. The zero-order valence-corrected chi connectivity index (χ0v) is 9.98. The molecule has 0 bridgehead atoms. The summed E-state index contributed by atoms with van der Waals surface area (Å²) in [6, 6.07) is 0.212. The molecule has 1 aliphatic rings. The van der Waals surface area contributed by atoms with Gasteiger partial charge in [-0.15, -0.1) is 0 Å². The average molecular weight is 221 g/mol. The van der Waals surface area contributed by atoms with Gasteiger partial charge in [0.25, 0.3) is 0 Å². The molecule has 0 spiro atoms. The fourth-order valence-electron chi connectivity index (χ4n) is 2.27. The van der Waals surface area contributed by atoms with Crippen LogP contribution in [0.1, 0.15) is 30.7 Å². The minimum absolute atomic E-state index is 0.203. The summed E-state index contributed by atoms with van der Waals surface area (Å²) in [6.45, 7) is 5.11. The Morgan fingerprint density at radius 2 is 2.25 bits per heavy atom. The summed E-state index contributed by atoms with van der Waals surface area (Å²) in [7, 11) is 0. The van der Waals surface area contributed by atoms with Gasteiger partial charge >= 0.3 is 0 Å². The lowest BCUT2D eigenvalue weighted by molar-refractivity contribution is 0.239. The number of rotatable bonds is 2. The Kier molecular flexibility index (Phi) is 3.39. The third-order valence-electron chi connectivity index (χ3n) is 3.16. The third-order valence-corrected chi connectivity index (χ3v) is 3.16. The Morgan fingerprint density at radius 1 is 1.44 bits per heavy atom. The SMILES string of the molecule is Cc1cnc(C)c(N2CCCCC2CO)n1. The maximum Gasteiger partial charge on any atom is 0.150 e. The molecule has 0 aromatic carbocycles. The van der Waals surface area contributed by atoms with Crippen LogP contribution < -0.4 is 4.90 Å². The lowest BCUT2D eigenvalue weighted by Gasteiger charge is -2.36. The summed E-state index contributed by atoms with van der Waals surface area (Å²) in [5, 5.41) is 9.39. The van der Waals surface area contributed by atoms with Crippen LogP contribution in [0.4, 0.5) is 5.82 Å². The van der Waals surface area contributed by atoms with Crippen molar-refractivity contribution < 1.29 is 5.11 Å². The van der Waals surface area contributed by atoms with Gasteiger partial charge in [-0.25, -0.2) is 4.98 Å². The molecule has 1 aliphatic heterocycles. The summed E-state index contributed by atoms with van der Waals surface area (Å²) < 4.78 is 0. The molecule has 0 radical (unpaired) electrons. The predicted molar refractivity (Wildman–Crippen MR) is 63.6 cm³/mol. The van der Waals surface area contributed by atoms with Gasteiger partial charge in [-0.3, -0.25) is 4.98 Å². The van der Waals surface area contributed by atoms with Crippen LogP contribution in [0, 0.1) is 13.8 Å². The van der Waals surface area contributed by atoms with E-state index >= 15 is 0 Å². The van der Waals surface area contributed by atoms with Crippen molar-refractivity contribution in [1.29, 1.82) is 0 Å². The van der Waals surface area contributed by atoms with Crippen LogP contribution in [0.25, 0.3) is 0 Å². The molecule has 1 fully saturated rings. The van der Waals surface area contributed by atoms with E-state index in [1.807, 2.05) is 13.8 Å². The van der Waals surface area contributed by atoms with Crippen molar-refractivity contribution in [3.8, 4) is 0 Å². The van der Waals surface area contributed by atoms with E-state index in [2.05, 4.69) is 14.9 Å². The number of hydrogen-bond donors (Lipinski definition) is 1. The van der Waals surface area contributed by atoms with Crippen molar-refractivity contribution >= 4 is 5.82 Å². The molecule has 1 N–H and O–H groups in total. The number of aryl methyl sites for hydroxylation is 2. The first kappa shape index (κ1) is 11.3. The lowest BCUT2D eigenvalue weighted by atomic mass is 10.0. The summed E-state index contributed by atoms with van der Waals surface area (Å²) >= 11 is 0. The molecule has 0 aliphatic carbocycles. The summed E-state index contributed by atoms with van der Waals surface area (Å²) in [6.07, 6.45) is 5.20. The minimum atomic E-state index is 0.203. The van der Waals surface area contributed by atoms with Crippen LogP contribution in [0.5, 0.6) is 0 Å². The zero-order chi connectivity index (χ0) is 11.5. The first-order valence-corrected chi connectivity index (χ1v) is 5.90. The van der Waals surface area contributed by atoms with Crippen LogP contribution in [-0.2, 0) is 0 Å². The molecule has 1 saturated heterocycles. The third kappa shape index (κ3) is 2.16. The fraction of sp³-hybridized carbons (Fsp3) is 0.667. The molecule has 4 nitrogen and oxygen atoms in total. The number of aliphatic hydroxyl groups is 1. The Labute approximate surface area is 96.3 Å². The standard InChI is InChI=1S/C12H19N3O/c1-9-7-13-10(2)12(14-9)15-6-4-3-5-11(15)8-16/h7,11,16H,3-6,8H2,1-2H3. The van der Waals surface area contributed by atoms with Gasteiger partial charge in [-0.1, -0.05) is 0 Å². The van der Waals surface area contributed by atoms with Gasteiger partial charge < -0.3 is 10.0 Å². The molecule has 2 rings (SSSR count). The highest BCUT2D eigenvalue weighted by Crippen LogP contribution is 2.24. The van der Waals surface area contributed by atoms with Crippen LogP contribution in [-0.4, -0.2) is 34.3 Å². The molecule has 2 heterocycles. The van der Waals surface area contributed by atoms with Crippen molar-refractivity contribution in [3.63, 3.8) is 0 Å². The maximum absolute atomic E-state index is 9.39. The first-order chi connectivity index (χ1) is 7.72. The van der Waals surface area contributed by atoms with Crippen LogP contribution in [0.2, 0.25) is 0 Å². The van der Waals surface area contributed by atoms with Gasteiger partial charge in [0.2, 0.25) is 0 Å². The molecule has 1 unspecified atom stereocenters. The lowest BCUT2D eigenvalue weighted by Crippen LogP contribution is -2.43. The zero-order valence-electron chi connectivity index (χ0n) is 9.98.